The lowest BCUT2D eigenvalue weighted by Gasteiger charge is -2.13. The molecule has 2 rings (SSSR count). The fraction of sp³-hybridized carbons (Fsp3) is 0.250. The minimum absolute atomic E-state index is 0.601. The molecule has 0 aliphatic heterocycles. The quantitative estimate of drug-likeness (QED) is 0.721. The standard InChI is InChI=1S/C16H17BrClNO2/c1-20-10-9-19-11-12-3-2-4-15(18)16(12)21-14-7-5-13(17)6-8-14/h2-8,19H,9-11H2,1H3. The highest BCUT2D eigenvalue weighted by Crippen LogP contribution is 2.33. The zero-order valence-electron chi connectivity index (χ0n) is 11.7. The second-order valence-electron chi connectivity index (χ2n) is 4.45. The number of hydrogen-bond acceptors (Lipinski definition) is 3. The highest BCUT2D eigenvalue weighted by atomic mass is 79.9. The van der Waals surface area contributed by atoms with Crippen LogP contribution in [0.5, 0.6) is 11.5 Å². The number of nitrogens with one attached hydrogen (secondary N) is 1. The molecule has 0 radical (unpaired) electrons. The van der Waals surface area contributed by atoms with Gasteiger partial charge < -0.3 is 14.8 Å². The average Bonchev–Trinajstić information content (AvgIpc) is 2.49. The van der Waals surface area contributed by atoms with E-state index in [2.05, 4.69) is 21.2 Å². The Balaban J connectivity index is 2.11. The maximum atomic E-state index is 6.26. The predicted octanol–water partition coefficient (Wildman–Crippen LogP) is 4.63. The van der Waals surface area contributed by atoms with Crippen LogP contribution in [0.2, 0.25) is 5.02 Å². The number of rotatable bonds is 7. The van der Waals surface area contributed by atoms with E-state index >= 15 is 0 Å². The molecule has 0 saturated carbocycles. The second kappa shape index (κ2) is 8.39. The summed E-state index contributed by atoms with van der Waals surface area (Å²) in [5.41, 5.74) is 1.02. The van der Waals surface area contributed by atoms with Crippen LogP contribution in [0.4, 0.5) is 0 Å². The van der Waals surface area contributed by atoms with Crippen molar-refractivity contribution in [2.45, 2.75) is 6.54 Å². The summed E-state index contributed by atoms with van der Waals surface area (Å²) >= 11 is 9.67. The summed E-state index contributed by atoms with van der Waals surface area (Å²) in [6.45, 7) is 2.12. The van der Waals surface area contributed by atoms with Crippen LogP contribution in [0.3, 0.4) is 0 Å². The summed E-state index contributed by atoms with van der Waals surface area (Å²) < 4.78 is 12.0. The maximum Gasteiger partial charge on any atom is 0.150 e. The first-order valence-electron chi connectivity index (χ1n) is 6.61. The van der Waals surface area contributed by atoms with Crippen molar-refractivity contribution < 1.29 is 9.47 Å². The smallest absolute Gasteiger partial charge is 0.150 e. The van der Waals surface area contributed by atoms with E-state index in [1.165, 1.54) is 0 Å². The van der Waals surface area contributed by atoms with Gasteiger partial charge in [0.05, 0.1) is 11.6 Å². The molecular formula is C16H17BrClNO2. The molecule has 0 aliphatic carbocycles. The fourth-order valence-electron chi connectivity index (χ4n) is 1.82. The zero-order chi connectivity index (χ0) is 15.1. The van der Waals surface area contributed by atoms with Crippen molar-refractivity contribution in [3.05, 3.63) is 57.5 Å². The molecule has 0 saturated heterocycles. The third kappa shape index (κ3) is 5.00. The van der Waals surface area contributed by atoms with Gasteiger partial charge in [-0.3, -0.25) is 0 Å². The Hall–Kier alpha value is -1.07. The molecule has 3 nitrogen and oxygen atoms in total. The molecule has 0 aliphatic rings. The number of methoxy groups -OCH3 is 1. The largest absolute Gasteiger partial charge is 0.455 e. The fourth-order valence-corrected chi connectivity index (χ4v) is 2.32. The van der Waals surface area contributed by atoms with E-state index in [1.54, 1.807) is 7.11 Å². The van der Waals surface area contributed by atoms with Gasteiger partial charge in [-0.25, -0.2) is 0 Å². The molecule has 2 aromatic rings. The van der Waals surface area contributed by atoms with E-state index in [0.717, 1.165) is 22.3 Å². The summed E-state index contributed by atoms with van der Waals surface area (Å²) in [5, 5.41) is 3.89. The van der Waals surface area contributed by atoms with Gasteiger partial charge in [0, 0.05) is 30.2 Å². The lowest BCUT2D eigenvalue weighted by atomic mass is 10.2. The van der Waals surface area contributed by atoms with Gasteiger partial charge in [0.25, 0.3) is 0 Å². The molecule has 0 spiro atoms. The van der Waals surface area contributed by atoms with Crippen molar-refractivity contribution in [2.24, 2.45) is 0 Å². The molecule has 21 heavy (non-hydrogen) atoms. The Labute approximate surface area is 138 Å². The van der Waals surface area contributed by atoms with Crippen molar-refractivity contribution in [3.63, 3.8) is 0 Å². The number of hydrogen-bond donors (Lipinski definition) is 1. The van der Waals surface area contributed by atoms with Crippen LogP contribution in [0, 0.1) is 0 Å². The molecule has 0 aromatic heterocycles. The summed E-state index contributed by atoms with van der Waals surface area (Å²) in [6, 6.07) is 13.4. The van der Waals surface area contributed by atoms with E-state index < -0.39 is 0 Å². The molecule has 0 atom stereocenters. The molecule has 0 amide bonds. The minimum Gasteiger partial charge on any atom is -0.455 e. The van der Waals surface area contributed by atoms with Gasteiger partial charge in [-0.1, -0.05) is 39.7 Å². The molecular weight excluding hydrogens is 354 g/mol. The molecule has 0 unspecified atom stereocenters. The minimum atomic E-state index is 0.601. The van der Waals surface area contributed by atoms with Crippen molar-refractivity contribution in [1.82, 2.24) is 5.32 Å². The van der Waals surface area contributed by atoms with Gasteiger partial charge >= 0.3 is 0 Å². The van der Waals surface area contributed by atoms with Crippen LogP contribution in [-0.2, 0) is 11.3 Å². The summed E-state index contributed by atoms with van der Waals surface area (Å²) in [6.07, 6.45) is 0. The zero-order valence-corrected chi connectivity index (χ0v) is 14.1. The first kappa shape index (κ1) is 16.3. The van der Waals surface area contributed by atoms with Crippen LogP contribution in [-0.4, -0.2) is 20.3 Å². The van der Waals surface area contributed by atoms with E-state index in [-0.39, 0.29) is 0 Å². The molecule has 0 heterocycles. The Morgan fingerprint density at radius 2 is 1.90 bits per heavy atom. The van der Waals surface area contributed by atoms with Crippen molar-refractivity contribution >= 4 is 27.5 Å². The van der Waals surface area contributed by atoms with Gasteiger partial charge in [-0.05, 0) is 30.3 Å². The van der Waals surface area contributed by atoms with Crippen LogP contribution in [0.25, 0.3) is 0 Å². The van der Waals surface area contributed by atoms with Gasteiger partial charge in [0.1, 0.15) is 11.5 Å². The first-order valence-corrected chi connectivity index (χ1v) is 7.78. The van der Waals surface area contributed by atoms with Gasteiger partial charge in [0.2, 0.25) is 0 Å². The summed E-state index contributed by atoms with van der Waals surface area (Å²) in [5.74, 6) is 1.44. The third-order valence-electron chi connectivity index (χ3n) is 2.88. The number of halogens is 2. The SMILES string of the molecule is COCCNCc1cccc(Cl)c1Oc1ccc(Br)cc1. The Morgan fingerprint density at radius 1 is 1.14 bits per heavy atom. The highest BCUT2D eigenvalue weighted by Gasteiger charge is 2.09. The number of ether oxygens (including phenoxy) is 2. The highest BCUT2D eigenvalue weighted by molar-refractivity contribution is 9.10. The van der Waals surface area contributed by atoms with Crippen molar-refractivity contribution in [1.29, 1.82) is 0 Å². The molecule has 0 bridgehead atoms. The number of para-hydroxylation sites is 1. The Morgan fingerprint density at radius 3 is 2.62 bits per heavy atom. The second-order valence-corrected chi connectivity index (χ2v) is 5.78. The van der Waals surface area contributed by atoms with Crippen LogP contribution in [0.15, 0.2) is 46.9 Å². The lowest BCUT2D eigenvalue weighted by molar-refractivity contribution is 0.199. The van der Waals surface area contributed by atoms with Gasteiger partial charge in [-0.15, -0.1) is 0 Å². The summed E-state index contributed by atoms with van der Waals surface area (Å²) in [4.78, 5) is 0. The summed E-state index contributed by atoms with van der Waals surface area (Å²) in [7, 11) is 1.68. The normalized spacial score (nSPS) is 10.6. The van der Waals surface area contributed by atoms with Crippen molar-refractivity contribution in [3.8, 4) is 11.5 Å². The molecule has 1 N–H and O–H groups in total. The van der Waals surface area contributed by atoms with E-state index in [0.29, 0.717) is 23.9 Å². The van der Waals surface area contributed by atoms with Gasteiger partial charge in [0.15, 0.2) is 0 Å². The van der Waals surface area contributed by atoms with Crippen molar-refractivity contribution in [2.75, 3.05) is 20.3 Å². The topological polar surface area (TPSA) is 30.5 Å². The molecule has 5 heteroatoms. The van der Waals surface area contributed by atoms with E-state index in [1.807, 2.05) is 42.5 Å². The average molecular weight is 371 g/mol. The third-order valence-corrected chi connectivity index (χ3v) is 3.71. The van der Waals surface area contributed by atoms with Crippen LogP contribution >= 0.6 is 27.5 Å². The van der Waals surface area contributed by atoms with Crippen LogP contribution in [0.1, 0.15) is 5.56 Å². The first-order chi connectivity index (χ1) is 10.2. The van der Waals surface area contributed by atoms with E-state index in [9.17, 15) is 0 Å². The maximum absolute atomic E-state index is 6.26. The van der Waals surface area contributed by atoms with Gasteiger partial charge in [-0.2, -0.15) is 0 Å². The molecule has 2 aromatic carbocycles. The lowest BCUT2D eigenvalue weighted by Crippen LogP contribution is -2.18. The predicted molar refractivity (Wildman–Crippen MR) is 89.3 cm³/mol. The van der Waals surface area contributed by atoms with E-state index in [4.69, 9.17) is 21.1 Å². The molecule has 0 fully saturated rings. The Kier molecular flexibility index (Phi) is 6.51. The molecule has 112 valence electrons. The monoisotopic (exact) mass is 369 g/mol. The number of benzene rings is 2. The van der Waals surface area contributed by atoms with Crippen LogP contribution < -0.4 is 10.1 Å². The Bertz CT molecular complexity index is 575.